The molecule has 4 heteroatoms. The largest absolute Gasteiger partial charge is 0.462 e. The Bertz CT molecular complexity index is 215. The predicted molar refractivity (Wildman–Crippen MR) is 49.8 cm³/mol. The molecule has 74 valence electrons. The van der Waals surface area contributed by atoms with Crippen molar-refractivity contribution in [3.05, 3.63) is 12.2 Å². The SMILES string of the molecule is C=C(C=N)C(=O)OCCC(C)(C)O. The van der Waals surface area contributed by atoms with Gasteiger partial charge in [-0.3, -0.25) is 0 Å². The Labute approximate surface area is 77.7 Å². The van der Waals surface area contributed by atoms with E-state index in [-0.39, 0.29) is 12.2 Å². The molecule has 0 aromatic carbocycles. The van der Waals surface area contributed by atoms with Crippen LogP contribution in [0, 0.1) is 5.41 Å². The molecule has 0 amide bonds. The second-order valence-corrected chi connectivity index (χ2v) is 3.37. The minimum Gasteiger partial charge on any atom is -0.462 e. The van der Waals surface area contributed by atoms with Crippen molar-refractivity contribution < 1.29 is 14.6 Å². The van der Waals surface area contributed by atoms with Crippen LogP contribution >= 0.6 is 0 Å². The summed E-state index contributed by atoms with van der Waals surface area (Å²) in [7, 11) is 0. The van der Waals surface area contributed by atoms with Crippen molar-refractivity contribution in [2.45, 2.75) is 25.9 Å². The molecule has 0 aliphatic carbocycles. The van der Waals surface area contributed by atoms with Crippen molar-refractivity contribution in [1.82, 2.24) is 0 Å². The minimum atomic E-state index is -0.841. The van der Waals surface area contributed by atoms with E-state index in [0.717, 1.165) is 6.21 Å². The van der Waals surface area contributed by atoms with E-state index in [1.165, 1.54) is 0 Å². The lowest BCUT2D eigenvalue weighted by Gasteiger charge is -2.16. The molecule has 0 spiro atoms. The first-order chi connectivity index (χ1) is 5.87. The Kier molecular flexibility index (Phi) is 4.34. The molecule has 2 N–H and O–H groups in total. The normalized spacial score (nSPS) is 10.7. The first kappa shape index (κ1) is 11.8. The van der Waals surface area contributed by atoms with Crippen LogP contribution in [0.15, 0.2) is 12.2 Å². The maximum atomic E-state index is 10.9. The van der Waals surface area contributed by atoms with Crippen LogP contribution in [-0.4, -0.2) is 29.5 Å². The van der Waals surface area contributed by atoms with Crippen LogP contribution < -0.4 is 0 Å². The Balaban J connectivity index is 3.72. The van der Waals surface area contributed by atoms with E-state index in [4.69, 9.17) is 10.1 Å². The number of hydrogen-bond donors (Lipinski definition) is 2. The lowest BCUT2D eigenvalue weighted by molar-refractivity contribution is -0.139. The highest BCUT2D eigenvalue weighted by atomic mass is 16.5. The summed E-state index contributed by atoms with van der Waals surface area (Å²) in [6, 6.07) is 0. The molecule has 0 fully saturated rings. The zero-order chi connectivity index (χ0) is 10.5. The predicted octanol–water partition coefficient (Wildman–Crippen LogP) is 0.896. The van der Waals surface area contributed by atoms with Gasteiger partial charge in [0, 0.05) is 12.6 Å². The first-order valence-corrected chi connectivity index (χ1v) is 3.95. The van der Waals surface area contributed by atoms with Gasteiger partial charge in [-0.2, -0.15) is 0 Å². The highest BCUT2D eigenvalue weighted by Crippen LogP contribution is 2.07. The summed E-state index contributed by atoms with van der Waals surface area (Å²) in [5.74, 6) is -0.612. The van der Waals surface area contributed by atoms with Crippen molar-refractivity contribution in [2.75, 3.05) is 6.61 Å². The molecule has 0 saturated heterocycles. The Morgan fingerprint density at radius 2 is 2.23 bits per heavy atom. The number of carbonyl (C=O) groups is 1. The molecule has 13 heavy (non-hydrogen) atoms. The Hall–Kier alpha value is -1.16. The van der Waals surface area contributed by atoms with Crippen LogP contribution in [0.4, 0.5) is 0 Å². The van der Waals surface area contributed by atoms with Gasteiger partial charge in [-0.15, -0.1) is 0 Å². The van der Waals surface area contributed by atoms with Crippen LogP contribution in [-0.2, 0) is 9.53 Å². The summed E-state index contributed by atoms with van der Waals surface area (Å²) in [5, 5.41) is 16.0. The smallest absolute Gasteiger partial charge is 0.339 e. The summed E-state index contributed by atoms with van der Waals surface area (Å²) in [5.41, 5.74) is -0.831. The van der Waals surface area contributed by atoms with Gasteiger partial charge in [0.1, 0.15) is 0 Å². The maximum Gasteiger partial charge on any atom is 0.339 e. The van der Waals surface area contributed by atoms with Crippen LogP contribution in [0.1, 0.15) is 20.3 Å². The Morgan fingerprint density at radius 1 is 1.69 bits per heavy atom. The van der Waals surface area contributed by atoms with Crippen molar-refractivity contribution in [3.63, 3.8) is 0 Å². The molecule has 0 atom stereocenters. The number of aliphatic hydroxyl groups is 1. The van der Waals surface area contributed by atoms with E-state index in [1.807, 2.05) is 0 Å². The molecule has 0 radical (unpaired) electrons. The van der Waals surface area contributed by atoms with Gasteiger partial charge in [0.2, 0.25) is 0 Å². The third kappa shape index (κ3) is 6.04. The number of ether oxygens (including phenoxy) is 1. The summed E-state index contributed by atoms with van der Waals surface area (Å²) >= 11 is 0. The van der Waals surface area contributed by atoms with Gasteiger partial charge < -0.3 is 15.3 Å². The van der Waals surface area contributed by atoms with Gasteiger partial charge in [0.15, 0.2) is 0 Å². The van der Waals surface area contributed by atoms with Crippen molar-refractivity contribution in [1.29, 1.82) is 5.41 Å². The zero-order valence-electron chi connectivity index (χ0n) is 7.96. The van der Waals surface area contributed by atoms with Gasteiger partial charge in [0.05, 0.1) is 17.8 Å². The quantitative estimate of drug-likeness (QED) is 0.379. The number of rotatable bonds is 5. The van der Waals surface area contributed by atoms with Gasteiger partial charge in [-0.1, -0.05) is 6.58 Å². The maximum absolute atomic E-state index is 10.9. The fourth-order valence-electron chi connectivity index (χ4n) is 0.545. The third-order valence-electron chi connectivity index (χ3n) is 1.38. The van der Waals surface area contributed by atoms with E-state index in [9.17, 15) is 9.90 Å². The van der Waals surface area contributed by atoms with E-state index in [1.54, 1.807) is 13.8 Å². The number of hydrogen-bond acceptors (Lipinski definition) is 4. The van der Waals surface area contributed by atoms with Crippen molar-refractivity contribution in [2.24, 2.45) is 0 Å². The number of carbonyl (C=O) groups excluding carboxylic acids is 1. The fraction of sp³-hybridized carbons (Fsp3) is 0.556. The van der Waals surface area contributed by atoms with Gasteiger partial charge in [0.25, 0.3) is 0 Å². The molecule has 0 saturated carbocycles. The summed E-state index contributed by atoms with van der Waals surface area (Å²) in [6.45, 7) is 6.70. The van der Waals surface area contributed by atoms with E-state index in [0.29, 0.717) is 6.42 Å². The molecular weight excluding hydrogens is 170 g/mol. The topological polar surface area (TPSA) is 70.4 Å². The molecule has 0 aromatic heterocycles. The number of esters is 1. The minimum absolute atomic E-state index is 0.00995. The zero-order valence-corrected chi connectivity index (χ0v) is 7.96. The van der Waals surface area contributed by atoms with Gasteiger partial charge in [-0.05, 0) is 13.8 Å². The van der Waals surface area contributed by atoms with Crippen LogP contribution in [0.25, 0.3) is 0 Å². The van der Waals surface area contributed by atoms with E-state index >= 15 is 0 Å². The molecule has 0 aromatic rings. The molecule has 0 rings (SSSR count). The molecule has 0 aliphatic rings. The molecule has 4 nitrogen and oxygen atoms in total. The fourth-order valence-corrected chi connectivity index (χ4v) is 0.545. The highest BCUT2D eigenvalue weighted by molar-refractivity contribution is 6.07. The van der Waals surface area contributed by atoms with Crippen LogP contribution in [0.5, 0.6) is 0 Å². The second-order valence-electron chi connectivity index (χ2n) is 3.37. The molecular formula is C9H15NO3. The van der Waals surface area contributed by atoms with Gasteiger partial charge >= 0.3 is 5.97 Å². The van der Waals surface area contributed by atoms with Crippen LogP contribution in [0.3, 0.4) is 0 Å². The monoisotopic (exact) mass is 185 g/mol. The van der Waals surface area contributed by atoms with Crippen LogP contribution in [0.2, 0.25) is 0 Å². The lowest BCUT2D eigenvalue weighted by atomic mass is 10.1. The number of nitrogens with one attached hydrogen (secondary N) is 1. The lowest BCUT2D eigenvalue weighted by Crippen LogP contribution is -2.22. The van der Waals surface area contributed by atoms with Gasteiger partial charge in [-0.25, -0.2) is 4.79 Å². The van der Waals surface area contributed by atoms with Crippen molar-refractivity contribution in [3.8, 4) is 0 Å². The molecule has 0 bridgehead atoms. The average molecular weight is 185 g/mol. The Morgan fingerprint density at radius 3 is 2.62 bits per heavy atom. The summed E-state index contributed by atoms with van der Waals surface area (Å²) < 4.78 is 4.72. The van der Waals surface area contributed by atoms with Crippen molar-refractivity contribution >= 4 is 12.2 Å². The molecule has 0 unspecified atom stereocenters. The second kappa shape index (κ2) is 4.77. The first-order valence-electron chi connectivity index (χ1n) is 3.95. The van der Waals surface area contributed by atoms with E-state index in [2.05, 4.69) is 6.58 Å². The highest BCUT2D eigenvalue weighted by Gasteiger charge is 2.13. The summed E-state index contributed by atoms with van der Waals surface area (Å²) in [6.07, 6.45) is 1.20. The molecule has 0 aliphatic heterocycles. The average Bonchev–Trinajstić information content (AvgIpc) is 2.00. The third-order valence-corrected chi connectivity index (χ3v) is 1.38. The summed E-state index contributed by atoms with van der Waals surface area (Å²) in [4.78, 5) is 10.9. The van der Waals surface area contributed by atoms with E-state index < -0.39 is 11.6 Å². The standard InChI is InChI=1S/C9H15NO3/c1-7(6-10)8(11)13-5-4-9(2,3)12/h6,10,12H,1,4-5H2,2-3H3. The molecule has 0 heterocycles.